The number of halogens is 1. The van der Waals surface area contributed by atoms with Gasteiger partial charge in [-0.3, -0.25) is 4.40 Å². The van der Waals surface area contributed by atoms with Crippen LogP contribution in [0.4, 0.5) is 0 Å². The number of fused-ring (bicyclic) bond motifs is 1. The van der Waals surface area contributed by atoms with Gasteiger partial charge in [-0.25, -0.2) is 14.8 Å². The van der Waals surface area contributed by atoms with E-state index in [2.05, 4.69) is 9.97 Å². The van der Waals surface area contributed by atoms with E-state index in [1.54, 1.807) is 18.2 Å². The molecule has 0 amide bonds. The van der Waals surface area contributed by atoms with Crippen molar-refractivity contribution >= 4 is 23.3 Å². The second-order valence-corrected chi connectivity index (χ2v) is 3.58. The smallest absolute Gasteiger partial charge is 0.356 e. The Labute approximate surface area is 90.3 Å². The van der Waals surface area contributed by atoms with Crippen LogP contribution in [-0.2, 0) is 0 Å². The summed E-state index contributed by atoms with van der Waals surface area (Å²) >= 11 is 5.99. The van der Waals surface area contributed by atoms with Gasteiger partial charge in [0.2, 0.25) is 5.78 Å². The van der Waals surface area contributed by atoms with E-state index in [-0.39, 0.29) is 5.69 Å². The Kier molecular flexibility index (Phi) is 2.12. The first-order valence-corrected chi connectivity index (χ1v) is 4.63. The summed E-state index contributed by atoms with van der Waals surface area (Å²) < 4.78 is 1.57. The molecule has 0 spiro atoms. The van der Waals surface area contributed by atoms with Gasteiger partial charge in [0.1, 0.15) is 0 Å². The topological polar surface area (TPSA) is 67.5 Å². The van der Waals surface area contributed by atoms with Gasteiger partial charge in [0.15, 0.2) is 5.69 Å². The van der Waals surface area contributed by atoms with Crippen LogP contribution in [0.1, 0.15) is 21.9 Å². The molecule has 0 aliphatic rings. The molecule has 2 rings (SSSR count). The lowest BCUT2D eigenvalue weighted by molar-refractivity contribution is 0.0691. The molecule has 0 saturated heterocycles. The molecular weight excluding hydrogens is 218 g/mol. The van der Waals surface area contributed by atoms with E-state index in [0.717, 1.165) is 5.69 Å². The minimum atomic E-state index is -1.08. The number of carbonyl (C=O) groups is 1. The van der Waals surface area contributed by atoms with Crippen molar-refractivity contribution in [1.29, 1.82) is 0 Å². The van der Waals surface area contributed by atoms with Crippen LogP contribution in [0.2, 0.25) is 5.02 Å². The number of carboxylic acid groups (broad SMARTS) is 1. The summed E-state index contributed by atoms with van der Waals surface area (Å²) in [5, 5.41) is 9.30. The summed E-state index contributed by atoms with van der Waals surface area (Å²) in [7, 11) is 0. The number of aryl methyl sites for hydroxylation is 2. The molecule has 2 aromatic rings. The van der Waals surface area contributed by atoms with E-state index in [9.17, 15) is 4.79 Å². The molecule has 2 heterocycles. The molecule has 2 aromatic heterocycles. The Morgan fingerprint density at radius 1 is 1.47 bits per heavy atom. The lowest BCUT2D eigenvalue weighted by Crippen LogP contribution is -1.97. The highest BCUT2D eigenvalue weighted by Gasteiger charge is 2.13. The molecule has 5 nitrogen and oxygen atoms in total. The fraction of sp³-hybridized carbons (Fsp3) is 0.222. The molecular formula is C9H8ClN3O2. The van der Waals surface area contributed by atoms with Gasteiger partial charge in [0.05, 0.1) is 10.7 Å². The van der Waals surface area contributed by atoms with E-state index in [4.69, 9.17) is 16.7 Å². The van der Waals surface area contributed by atoms with Crippen LogP contribution in [0.25, 0.3) is 5.78 Å². The van der Waals surface area contributed by atoms with Gasteiger partial charge < -0.3 is 5.11 Å². The van der Waals surface area contributed by atoms with Crippen molar-refractivity contribution in [3.05, 3.63) is 28.3 Å². The SMILES string of the molecule is Cc1nc2nc(C(=O)O)cn2c(C)c1Cl. The van der Waals surface area contributed by atoms with Crippen LogP contribution in [0.5, 0.6) is 0 Å². The third kappa shape index (κ3) is 1.45. The first-order valence-electron chi connectivity index (χ1n) is 4.26. The largest absolute Gasteiger partial charge is 0.476 e. The zero-order chi connectivity index (χ0) is 11.2. The van der Waals surface area contributed by atoms with Crippen LogP contribution in [-0.4, -0.2) is 25.4 Å². The van der Waals surface area contributed by atoms with Gasteiger partial charge in [0.25, 0.3) is 0 Å². The Morgan fingerprint density at radius 2 is 2.13 bits per heavy atom. The van der Waals surface area contributed by atoms with Crippen molar-refractivity contribution in [3.8, 4) is 0 Å². The average Bonchev–Trinajstić information content (AvgIpc) is 2.58. The number of aromatic carboxylic acids is 1. The van der Waals surface area contributed by atoms with Crippen molar-refractivity contribution in [3.63, 3.8) is 0 Å². The number of aromatic nitrogens is 3. The summed E-state index contributed by atoms with van der Waals surface area (Å²) in [5.41, 5.74) is 1.34. The van der Waals surface area contributed by atoms with Crippen molar-refractivity contribution in [2.75, 3.05) is 0 Å². The predicted molar refractivity (Wildman–Crippen MR) is 54.4 cm³/mol. The van der Waals surface area contributed by atoms with Crippen LogP contribution in [0.15, 0.2) is 6.20 Å². The molecule has 15 heavy (non-hydrogen) atoms. The molecule has 0 aromatic carbocycles. The molecule has 0 aliphatic carbocycles. The number of imidazole rings is 1. The van der Waals surface area contributed by atoms with E-state index in [0.29, 0.717) is 16.5 Å². The zero-order valence-electron chi connectivity index (χ0n) is 8.15. The van der Waals surface area contributed by atoms with Crippen LogP contribution < -0.4 is 0 Å². The Bertz CT molecular complexity index is 562. The summed E-state index contributed by atoms with van der Waals surface area (Å²) in [6.07, 6.45) is 1.41. The normalized spacial score (nSPS) is 10.9. The highest BCUT2D eigenvalue weighted by Crippen LogP contribution is 2.19. The lowest BCUT2D eigenvalue weighted by Gasteiger charge is -2.03. The highest BCUT2D eigenvalue weighted by atomic mass is 35.5. The van der Waals surface area contributed by atoms with Crippen LogP contribution in [0, 0.1) is 13.8 Å². The maximum absolute atomic E-state index is 10.7. The molecule has 0 atom stereocenters. The van der Waals surface area contributed by atoms with Crippen molar-refractivity contribution < 1.29 is 9.90 Å². The minimum absolute atomic E-state index is 0.0349. The monoisotopic (exact) mass is 225 g/mol. The molecule has 0 fully saturated rings. The van der Waals surface area contributed by atoms with E-state index >= 15 is 0 Å². The maximum Gasteiger partial charge on any atom is 0.356 e. The van der Waals surface area contributed by atoms with Gasteiger partial charge in [-0.2, -0.15) is 0 Å². The minimum Gasteiger partial charge on any atom is -0.476 e. The lowest BCUT2D eigenvalue weighted by atomic mass is 10.3. The fourth-order valence-electron chi connectivity index (χ4n) is 1.37. The van der Waals surface area contributed by atoms with E-state index < -0.39 is 5.97 Å². The maximum atomic E-state index is 10.7. The van der Waals surface area contributed by atoms with E-state index in [1.165, 1.54) is 6.20 Å². The van der Waals surface area contributed by atoms with Crippen LogP contribution in [0.3, 0.4) is 0 Å². The summed E-state index contributed by atoms with van der Waals surface area (Å²) in [6, 6.07) is 0. The number of carboxylic acids is 1. The van der Waals surface area contributed by atoms with Gasteiger partial charge in [-0.05, 0) is 13.8 Å². The van der Waals surface area contributed by atoms with Gasteiger partial charge >= 0.3 is 5.97 Å². The highest BCUT2D eigenvalue weighted by molar-refractivity contribution is 6.31. The summed E-state index contributed by atoms with van der Waals surface area (Å²) in [6.45, 7) is 3.54. The standard InChI is InChI=1S/C9H8ClN3O2/c1-4-7(10)5(2)13-3-6(8(14)15)12-9(13)11-4/h3H,1-2H3,(H,14,15). The second kappa shape index (κ2) is 3.20. The number of nitrogens with zero attached hydrogens (tertiary/aromatic N) is 3. The molecule has 0 aliphatic heterocycles. The quantitative estimate of drug-likeness (QED) is 0.802. The van der Waals surface area contributed by atoms with Crippen molar-refractivity contribution in [2.24, 2.45) is 0 Å². The Morgan fingerprint density at radius 3 is 2.73 bits per heavy atom. The predicted octanol–water partition coefficient (Wildman–Crippen LogP) is 1.70. The number of rotatable bonds is 1. The molecule has 6 heteroatoms. The van der Waals surface area contributed by atoms with Crippen LogP contribution >= 0.6 is 11.6 Å². The zero-order valence-corrected chi connectivity index (χ0v) is 8.91. The second-order valence-electron chi connectivity index (χ2n) is 3.20. The molecule has 0 unspecified atom stereocenters. The molecule has 1 N–H and O–H groups in total. The molecule has 0 radical (unpaired) electrons. The first kappa shape index (κ1) is 9.92. The van der Waals surface area contributed by atoms with Gasteiger partial charge in [0, 0.05) is 11.9 Å². The average molecular weight is 226 g/mol. The molecule has 0 saturated carbocycles. The third-order valence-corrected chi connectivity index (χ3v) is 2.72. The number of hydrogen-bond acceptors (Lipinski definition) is 3. The summed E-state index contributed by atoms with van der Waals surface area (Å²) in [4.78, 5) is 18.7. The Balaban J connectivity index is 2.82. The van der Waals surface area contributed by atoms with E-state index in [1.807, 2.05) is 0 Å². The van der Waals surface area contributed by atoms with Crippen molar-refractivity contribution in [1.82, 2.24) is 14.4 Å². The van der Waals surface area contributed by atoms with Gasteiger partial charge in [-0.1, -0.05) is 11.6 Å². The number of hydrogen-bond donors (Lipinski definition) is 1. The third-order valence-electron chi connectivity index (χ3n) is 2.17. The first-order chi connectivity index (χ1) is 7.00. The van der Waals surface area contributed by atoms with Gasteiger partial charge in [-0.15, -0.1) is 0 Å². The molecule has 0 bridgehead atoms. The summed E-state index contributed by atoms with van der Waals surface area (Å²) in [5.74, 6) is -0.722. The fourth-order valence-corrected chi connectivity index (χ4v) is 1.50. The Hall–Kier alpha value is -1.62. The molecule has 78 valence electrons. The van der Waals surface area contributed by atoms with Crippen molar-refractivity contribution in [2.45, 2.75) is 13.8 Å².